The quantitative estimate of drug-likeness (QED) is 0.736. The fourth-order valence-electron chi connectivity index (χ4n) is 1.35. The molecule has 1 aromatic rings. The van der Waals surface area contributed by atoms with Crippen molar-refractivity contribution in [3.8, 4) is 5.75 Å². The molecule has 110 valence electrons. The van der Waals surface area contributed by atoms with Crippen molar-refractivity contribution in [1.82, 2.24) is 5.32 Å². The highest BCUT2D eigenvalue weighted by Crippen LogP contribution is 2.13. The molecule has 0 saturated heterocycles. The molecular weight excluding hydrogens is 262 g/mol. The number of rotatable bonds is 7. The fraction of sp³-hybridized carbons (Fsp3) is 0.429. The Morgan fingerprint density at radius 3 is 2.30 bits per heavy atom. The first-order valence-corrected chi connectivity index (χ1v) is 6.14. The summed E-state index contributed by atoms with van der Waals surface area (Å²) >= 11 is 0. The minimum Gasteiger partial charge on any atom is -0.491 e. The third kappa shape index (κ3) is 4.55. The molecule has 0 bridgehead atoms. The molecule has 0 aliphatic carbocycles. The van der Waals surface area contributed by atoms with E-state index in [1.807, 2.05) is 0 Å². The summed E-state index contributed by atoms with van der Waals surface area (Å²) in [5.41, 5.74) is -0.941. The van der Waals surface area contributed by atoms with Gasteiger partial charge in [0.05, 0.1) is 6.61 Å². The first-order chi connectivity index (χ1) is 9.36. The van der Waals surface area contributed by atoms with E-state index in [0.717, 1.165) is 0 Å². The zero-order valence-electron chi connectivity index (χ0n) is 11.8. The predicted molar refractivity (Wildman–Crippen MR) is 73.0 cm³/mol. The second kappa shape index (κ2) is 6.91. The summed E-state index contributed by atoms with van der Waals surface area (Å²) in [6.07, 6.45) is 0. The maximum Gasteiger partial charge on any atom is 0.328 e. The van der Waals surface area contributed by atoms with Crippen LogP contribution >= 0.6 is 0 Å². The van der Waals surface area contributed by atoms with Gasteiger partial charge >= 0.3 is 5.97 Å². The van der Waals surface area contributed by atoms with Gasteiger partial charge in [-0.25, -0.2) is 4.79 Å². The second-order valence-corrected chi connectivity index (χ2v) is 4.75. The van der Waals surface area contributed by atoms with Crippen molar-refractivity contribution in [1.29, 1.82) is 0 Å². The van der Waals surface area contributed by atoms with Crippen molar-refractivity contribution >= 4 is 11.9 Å². The van der Waals surface area contributed by atoms with Crippen LogP contribution in [0.4, 0.5) is 0 Å². The third-order valence-electron chi connectivity index (χ3n) is 2.63. The summed E-state index contributed by atoms with van der Waals surface area (Å²) in [5.74, 6) is -0.915. The van der Waals surface area contributed by atoms with Crippen LogP contribution < -0.4 is 10.1 Å². The number of nitrogens with one attached hydrogen (secondary N) is 1. The number of carbonyl (C=O) groups excluding carboxylic acids is 1. The van der Waals surface area contributed by atoms with Gasteiger partial charge in [0.15, 0.2) is 0 Å². The van der Waals surface area contributed by atoms with Crippen molar-refractivity contribution in [3.63, 3.8) is 0 Å². The lowest BCUT2D eigenvalue weighted by atomic mass is 10.1. The van der Waals surface area contributed by atoms with Crippen LogP contribution in [0.15, 0.2) is 24.3 Å². The van der Waals surface area contributed by atoms with Gasteiger partial charge in [0.1, 0.15) is 17.9 Å². The number of aliphatic carboxylic acids is 1. The number of methoxy groups -OCH3 is 1. The average molecular weight is 281 g/mol. The van der Waals surface area contributed by atoms with Crippen molar-refractivity contribution in [2.45, 2.75) is 19.4 Å². The van der Waals surface area contributed by atoms with Gasteiger partial charge in [-0.15, -0.1) is 0 Å². The van der Waals surface area contributed by atoms with Crippen LogP contribution in [0, 0.1) is 0 Å². The lowest BCUT2D eigenvalue weighted by Crippen LogP contribution is -2.49. The van der Waals surface area contributed by atoms with E-state index in [1.165, 1.54) is 13.8 Å². The summed E-state index contributed by atoms with van der Waals surface area (Å²) in [5, 5.41) is 11.4. The molecule has 0 radical (unpaired) electrons. The maximum absolute atomic E-state index is 11.9. The largest absolute Gasteiger partial charge is 0.491 e. The lowest BCUT2D eigenvalue weighted by Gasteiger charge is -2.21. The first-order valence-electron chi connectivity index (χ1n) is 6.14. The van der Waals surface area contributed by atoms with Gasteiger partial charge in [0.25, 0.3) is 5.91 Å². The Labute approximate surface area is 117 Å². The van der Waals surface area contributed by atoms with Gasteiger partial charge in [0.2, 0.25) is 0 Å². The number of benzene rings is 1. The Morgan fingerprint density at radius 2 is 1.80 bits per heavy atom. The molecule has 0 fully saturated rings. The molecule has 0 unspecified atom stereocenters. The van der Waals surface area contributed by atoms with E-state index in [1.54, 1.807) is 31.4 Å². The molecule has 2 N–H and O–H groups in total. The Balaban J connectivity index is 2.64. The highest BCUT2D eigenvalue weighted by atomic mass is 16.5. The van der Waals surface area contributed by atoms with Crippen LogP contribution in [0.2, 0.25) is 0 Å². The molecule has 6 heteroatoms. The zero-order chi connectivity index (χ0) is 15.2. The van der Waals surface area contributed by atoms with Gasteiger partial charge in [0, 0.05) is 12.7 Å². The molecule has 0 heterocycles. The Morgan fingerprint density at radius 1 is 1.20 bits per heavy atom. The molecule has 1 aromatic carbocycles. The van der Waals surface area contributed by atoms with Crippen molar-refractivity contribution < 1.29 is 24.2 Å². The number of ether oxygens (including phenoxy) is 2. The molecule has 20 heavy (non-hydrogen) atoms. The maximum atomic E-state index is 11.9. The molecule has 1 amide bonds. The molecule has 0 atom stereocenters. The van der Waals surface area contributed by atoms with Gasteiger partial charge < -0.3 is 19.9 Å². The number of carbonyl (C=O) groups is 2. The number of hydrogen-bond donors (Lipinski definition) is 2. The first kappa shape index (κ1) is 16.0. The minimum absolute atomic E-state index is 0.374. The average Bonchev–Trinajstić information content (AvgIpc) is 2.39. The summed E-state index contributed by atoms with van der Waals surface area (Å²) in [7, 11) is 1.58. The molecule has 6 nitrogen and oxygen atoms in total. The smallest absolute Gasteiger partial charge is 0.328 e. The van der Waals surface area contributed by atoms with Crippen LogP contribution in [0.1, 0.15) is 24.2 Å². The SMILES string of the molecule is COCCOc1ccc(C(=O)NC(C)(C)C(=O)O)cc1. The molecule has 0 spiro atoms. The number of carboxylic acid groups (broad SMARTS) is 1. The molecule has 0 aliphatic rings. The zero-order valence-corrected chi connectivity index (χ0v) is 11.8. The van der Waals surface area contributed by atoms with Gasteiger partial charge in [-0.3, -0.25) is 4.79 Å². The summed E-state index contributed by atoms with van der Waals surface area (Å²) < 4.78 is 10.2. The van der Waals surface area contributed by atoms with E-state index in [-0.39, 0.29) is 0 Å². The van der Waals surface area contributed by atoms with E-state index in [2.05, 4.69) is 5.32 Å². The molecule has 0 aliphatic heterocycles. The number of carboxylic acids is 1. The van der Waals surface area contributed by atoms with Crippen molar-refractivity contribution in [3.05, 3.63) is 29.8 Å². The Kier molecular flexibility index (Phi) is 5.52. The number of amides is 1. The number of hydrogen-bond acceptors (Lipinski definition) is 4. The standard InChI is InChI=1S/C14H19NO5/c1-14(2,13(17)18)15-12(16)10-4-6-11(7-5-10)20-9-8-19-3/h4-7H,8-9H2,1-3H3,(H,15,16)(H,17,18). The van der Waals surface area contributed by atoms with E-state index < -0.39 is 17.4 Å². The highest BCUT2D eigenvalue weighted by Gasteiger charge is 2.29. The summed E-state index contributed by atoms with van der Waals surface area (Å²) in [4.78, 5) is 22.8. The van der Waals surface area contributed by atoms with Crippen LogP contribution in [0.3, 0.4) is 0 Å². The Hall–Kier alpha value is -2.08. The lowest BCUT2D eigenvalue weighted by molar-refractivity contribution is -0.143. The van der Waals surface area contributed by atoms with E-state index >= 15 is 0 Å². The third-order valence-corrected chi connectivity index (χ3v) is 2.63. The van der Waals surface area contributed by atoms with Gasteiger partial charge in [-0.2, -0.15) is 0 Å². The molecular formula is C14H19NO5. The molecule has 0 aromatic heterocycles. The summed E-state index contributed by atoms with van der Waals surface area (Å²) in [6, 6.07) is 6.46. The predicted octanol–water partition coefficient (Wildman–Crippen LogP) is 1.30. The van der Waals surface area contributed by atoms with E-state index in [0.29, 0.717) is 24.5 Å². The van der Waals surface area contributed by atoms with Gasteiger partial charge in [-0.05, 0) is 38.1 Å². The topological polar surface area (TPSA) is 84.9 Å². The van der Waals surface area contributed by atoms with Crippen LogP contribution in [0.5, 0.6) is 5.75 Å². The van der Waals surface area contributed by atoms with Crippen LogP contribution in [0.25, 0.3) is 0 Å². The van der Waals surface area contributed by atoms with Crippen LogP contribution in [-0.2, 0) is 9.53 Å². The second-order valence-electron chi connectivity index (χ2n) is 4.75. The van der Waals surface area contributed by atoms with E-state index in [9.17, 15) is 9.59 Å². The normalized spacial score (nSPS) is 10.9. The highest BCUT2D eigenvalue weighted by molar-refractivity contribution is 5.97. The minimum atomic E-state index is -1.31. The van der Waals surface area contributed by atoms with Gasteiger partial charge in [-0.1, -0.05) is 0 Å². The summed E-state index contributed by atoms with van der Waals surface area (Å²) in [6.45, 7) is 3.76. The van der Waals surface area contributed by atoms with Crippen molar-refractivity contribution in [2.75, 3.05) is 20.3 Å². The fourth-order valence-corrected chi connectivity index (χ4v) is 1.35. The van der Waals surface area contributed by atoms with Crippen LogP contribution in [-0.4, -0.2) is 42.8 Å². The Bertz CT molecular complexity index is 467. The monoisotopic (exact) mass is 281 g/mol. The van der Waals surface area contributed by atoms with Crippen molar-refractivity contribution in [2.24, 2.45) is 0 Å². The van der Waals surface area contributed by atoms with E-state index in [4.69, 9.17) is 14.6 Å². The molecule has 0 saturated carbocycles. The molecule has 1 rings (SSSR count).